The number of rotatable bonds is 3. The molecule has 1 aromatic carbocycles. The van der Waals surface area contributed by atoms with Crippen LogP contribution in [0.2, 0.25) is 0 Å². The van der Waals surface area contributed by atoms with Crippen LogP contribution in [0, 0.1) is 42.4 Å². The SMILES string of the molecule is Cc1ccccc1NCN1C(=O)[C@@H]2[C@@H]3C=C[C@H]([C@@H]4C[C@H]34)[C@@H]2C1=O. The monoisotopic (exact) mass is 308 g/mol. The van der Waals surface area contributed by atoms with E-state index in [0.29, 0.717) is 23.7 Å². The number of anilines is 1. The topological polar surface area (TPSA) is 49.4 Å². The Morgan fingerprint density at radius 3 is 2.26 bits per heavy atom. The van der Waals surface area contributed by atoms with Crippen LogP contribution in [0.15, 0.2) is 36.4 Å². The van der Waals surface area contributed by atoms with E-state index >= 15 is 0 Å². The smallest absolute Gasteiger partial charge is 0.235 e. The molecule has 3 fully saturated rings. The van der Waals surface area contributed by atoms with Gasteiger partial charge in [0.1, 0.15) is 0 Å². The third kappa shape index (κ3) is 1.72. The van der Waals surface area contributed by atoms with Crippen molar-refractivity contribution >= 4 is 17.5 Å². The van der Waals surface area contributed by atoms with Crippen LogP contribution in [0.4, 0.5) is 5.69 Å². The van der Waals surface area contributed by atoms with E-state index in [1.807, 2.05) is 31.2 Å². The first kappa shape index (κ1) is 13.3. The van der Waals surface area contributed by atoms with Crippen molar-refractivity contribution in [1.29, 1.82) is 0 Å². The number of hydrogen-bond acceptors (Lipinski definition) is 3. The molecule has 4 aliphatic carbocycles. The molecule has 0 aromatic heterocycles. The van der Waals surface area contributed by atoms with Gasteiger partial charge < -0.3 is 5.32 Å². The normalized spacial score (nSPS) is 39.4. The maximum Gasteiger partial charge on any atom is 0.235 e. The third-order valence-corrected chi connectivity index (χ3v) is 6.33. The van der Waals surface area contributed by atoms with Crippen molar-refractivity contribution < 1.29 is 9.59 Å². The van der Waals surface area contributed by atoms with E-state index in [2.05, 4.69) is 17.5 Å². The minimum Gasteiger partial charge on any atom is -0.367 e. The van der Waals surface area contributed by atoms with Gasteiger partial charge in [-0.05, 0) is 48.6 Å². The first-order valence-corrected chi connectivity index (χ1v) is 8.50. The average molecular weight is 308 g/mol. The summed E-state index contributed by atoms with van der Waals surface area (Å²) in [4.78, 5) is 27.1. The predicted molar refractivity (Wildman–Crippen MR) is 86.2 cm³/mol. The summed E-state index contributed by atoms with van der Waals surface area (Å²) in [5.74, 6) is 1.79. The summed E-state index contributed by atoms with van der Waals surface area (Å²) in [6, 6.07) is 7.94. The highest BCUT2D eigenvalue weighted by Crippen LogP contribution is 2.65. The van der Waals surface area contributed by atoms with Gasteiger partial charge in [-0.1, -0.05) is 30.4 Å². The van der Waals surface area contributed by atoms with Crippen LogP contribution in [0.1, 0.15) is 12.0 Å². The van der Waals surface area contributed by atoms with E-state index in [-0.39, 0.29) is 30.3 Å². The molecule has 2 amide bonds. The predicted octanol–water partition coefficient (Wildman–Crippen LogP) is 2.42. The van der Waals surface area contributed by atoms with Crippen molar-refractivity contribution in [2.24, 2.45) is 35.5 Å². The number of nitrogens with zero attached hydrogens (tertiary/aromatic N) is 1. The zero-order valence-corrected chi connectivity index (χ0v) is 13.1. The summed E-state index contributed by atoms with van der Waals surface area (Å²) in [6.07, 6.45) is 5.63. The van der Waals surface area contributed by atoms with Crippen LogP contribution in [0.25, 0.3) is 0 Å². The van der Waals surface area contributed by atoms with Gasteiger partial charge in [-0.25, -0.2) is 0 Å². The third-order valence-electron chi connectivity index (χ3n) is 6.33. The number of amides is 2. The summed E-state index contributed by atoms with van der Waals surface area (Å²) >= 11 is 0. The zero-order chi connectivity index (χ0) is 15.7. The molecule has 1 saturated heterocycles. The fourth-order valence-electron chi connectivity index (χ4n) is 5.11. The molecule has 6 rings (SSSR count). The Morgan fingerprint density at radius 2 is 1.65 bits per heavy atom. The average Bonchev–Trinajstić information content (AvgIpc) is 3.33. The van der Waals surface area contributed by atoms with Crippen molar-refractivity contribution in [2.75, 3.05) is 12.0 Å². The first-order chi connectivity index (χ1) is 11.2. The molecule has 1 aromatic rings. The highest BCUT2D eigenvalue weighted by Gasteiger charge is 2.66. The van der Waals surface area contributed by atoms with E-state index in [0.717, 1.165) is 11.3 Å². The Balaban J connectivity index is 1.38. The van der Waals surface area contributed by atoms with Crippen molar-refractivity contribution in [3.8, 4) is 0 Å². The van der Waals surface area contributed by atoms with Gasteiger partial charge in [0.15, 0.2) is 0 Å². The molecule has 0 unspecified atom stereocenters. The van der Waals surface area contributed by atoms with E-state index < -0.39 is 0 Å². The van der Waals surface area contributed by atoms with Gasteiger partial charge in [-0.2, -0.15) is 0 Å². The number of allylic oxidation sites excluding steroid dienone is 2. The van der Waals surface area contributed by atoms with Gasteiger partial charge in [-0.15, -0.1) is 0 Å². The molecule has 6 atom stereocenters. The Kier molecular flexibility index (Phi) is 2.59. The second kappa shape index (κ2) is 4.47. The second-order valence-corrected chi connectivity index (χ2v) is 7.41. The molecule has 4 nitrogen and oxygen atoms in total. The Hall–Kier alpha value is -2.10. The minimum atomic E-state index is -0.0973. The van der Waals surface area contributed by atoms with Crippen molar-refractivity contribution in [1.82, 2.24) is 4.90 Å². The van der Waals surface area contributed by atoms with Crippen LogP contribution in [0.3, 0.4) is 0 Å². The molecule has 2 saturated carbocycles. The fraction of sp³-hybridized carbons (Fsp3) is 0.474. The van der Waals surface area contributed by atoms with Crippen molar-refractivity contribution in [3.63, 3.8) is 0 Å². The number of nitrogens with one attached hydrogen (secondary N) is 1. The molecule has 5 aliphatic rings. The number of para-hydroxylation sites is 1. The van der Waals surface area contributed by atoms with Gasteiger partial charge in [0.05, 0.1) is 18.5 Å². The lowest BCUT2D eigenvalue weighted by Crippen LogP contribution is -2.40. The number of aryl methyl sites for hydroxylation is 1. The number of carbonyl (C=O) groups is 2. The van der Waals surface area contributed by atoms with Gasteiger partial charge in [-0.3, -0.25) is 14.5 Å². The van der Waals surface area contributed by atoms with Crippen LogP contribution in [-0.2, 0) is 9.59 Å². The molecule has 0 radical (unpaired) electrons. The lowest BCUT2D eigenvalue weighted by molar-refractivity contribution is -0.139. The Labute approximate surface area is 135 Å². The first-order valence-electron chi connectivity index (χ1n) is 8.50. The molecule has 4 heteroatoms. The molecule has 1 aliphatic heterocycles. The van der Waals surface area contributed by atoms with Crippen molar-refractivity contribution in [3.05, 3.63) is 42.0 Å². The van der Waals surface area contributed by atoms with Gasteiger partial charge in [0.2, 0.25) is 11.8 Å². The Bertz CT molecular complexity index is 705. The van der Waals surface area contributed by atoms with Crippen molar-refractivity contribution in [2.45, 2.75) is 13.3 Å². The van der Waals surface area contributed by atoms with Crippen LogP contribution in [-0.4, -0.2) is 23.4 Å². The molecular weight excluding hydrogens is 288 g/mol. The summed E-state index contributed by atoms with van der Waals surface area (Å²) in [5.41, 5.74) is 2.10. The maximum atomic E-state index is 12.8. The number of benzene rings is 1. The summed E-state index contributed by atoms with van der Waals surface area (Å²) in [7, 11) is 0. The van der Waals surface area contributed by atoms with Crippen LogP contribution >= 0.6 is 0 Å². The number of hydrogen-bond donors (Lipinski definition) is 1. The maximum absolute atomic E-state index is 12.8. The Morgan fingerprint density at radius 1 is 1.04 bits per heavy atom. The van der Waals surface area contributed by atoms with E-state index in [1.54, 1.807) is 0 Å². The zero-order valence-electron chi connectivity index (χ0n) is 13.1. The largest absolute Gasteiger partial charge is 0.367 e. The molecule has 2 bridgehead atoms. The van der Waals surface area contributed by atoms with Crippen LogP contribution < -0.4 is 5.32 Å². The second-order valence-electron chi connectivity index (χ2n) is 7.41. The molecule has 0 spiro atoms. The number of imide groups is 1. The molecule has 23 heavy (non-hydrogen) atoms. The number of likely N-dealkylation sites (tertiary alicyclic amines) is 1. The molecular formula is C19H20N2O2. The lowest BCUT2D eigenvalue weighted by atomic mass is 9.63. The lowest BCUT2D eigenvalue weighted by Gasteiger charge is -2.37. The van der Waals surface area contributed by atoms with E-state index in [9.17, 15) is 9.59 Å². The van der Waals surface area contributed by atoms with Gasteiger partial charge >= 0.3 is 0 Å². The van der Waals surface area contributed by atoms with E-state index in [1.165, 1.54) is 11.3 Å². The molecule has 118 valence electrons. The van der Waals surface area contributed by atoms with Gasteiger partial charge in [0.25, 0.3) is 0 Å². The standard InChI is InChI=1S/C19H20N2O2/c1-10-4-2-3-5-15(10)20-9-21-18(22)16-11-6-7-12(14-8-13(11)14)17(16)19(21)23/h2-7,11-14,16-17,20H,8-9H2,1H3/t11-,12-,13-,14+,16-,17+/m1/s1. The summed E-state index contributed by atoms with van der Waals surface area (Å²) < 4.78 is 0. The summed E-state index contributed by atoms with van der Waals surface area (Å²) in [6.45, 7) is 2.30. The highest BCUT2D eigenvalue weighted by atomic mass is 16.2. The fourth-order valence-corrected chi connectivity index (χ4v) is 5.11. The van der Waals surface area contributed by atoms with Crippen LogP contribution in [0.5, 0.6) is 0 Å². The highest BCUT2D eigenvalue weighted by molar-refractivity contribution is 6.06. The molecule has 1 N–H and O–H groups in total. The van der Waals surface area contributed by atoms with Gasteiger partial charge in [0, 0.05) is 5.69 Å². The molecule has 1 heterocycles. The minimum absolute atomic E-state index is 0.0331. The summed E-state index contributed by atoms with van der Waals surface area (Å²) in [5, 5.41) is 3.26. The van der Waals surface area contributed by atoms with E-state index in [4.69, 9.17) is 0 Å². The number of carbonyl (C=O) groups excluding carboxylic acids is 2. The quantitative estimate of drug-likeness (QED) is 0.689.